The SMILES string of the molecule is CCOC(=O)C(F)(F)OCC(C)C. The highest BCUT2D eigenvalue weighted by Gasteiger charge is 2.42. The minimum atomic E-state index is -3.82. The van der Waals surface area contributed by atoms with E-state index in [1.54, 1.807) is 13.8 Å². The predicted molar refractivity (Wildman–Crippen MR) is 42.4 cm³/mol. The van der Waals surface area contributed by atoms with E-state index < -0.39 is 12.1 Å². The third-order valence-electron chi connectivity index (χ3n) is 1.11. The van der Waals surface area contributed by atoms with Crippen LogP contribution >= 0.6 is 0 Å². The van der Waals surface area contributed by atoms with Gasteiger partial charge in [-0.1, -0.05) is 13.8 Å². The smallest absolute Gasteiger partial charge is 0.456 e. The molecule has 0 aromatic rings. The number of hydrogen-bond donors (Lipinski definition) is 0. The summed E-state index contributed by atoms with van der Waals surface area (Å²) < 4.78 is 33.6. The first-order chi connectivity index (χ1) is 5.90. The summed E-state index contributed by atoms with van der Waals surface area (Å²) in [5.74, 6) is -1.68. The van der Waals surface area contributed by atoms with Gasteiger partial charge in [-0.2, -0.15) is 8.78 Å². The van der Waals surface area contributed by atoms with Crippen LogP contribution in [0.3, 0.4) is 0 Å². The van der Waals surface area contributed by atoms with Gasteiger partial charge in [0.2, 0.25) is 0 Å². The van der Waals surface area contributed by atoms with Crippen LogP contribution in [0, 0.1) is 5.92 Å². The van der Waals surface area contributed by atoms with Gasteiger partial charge in [0.05, 0.1) is 13.2 Å². The lowest BCUT2D eigenvalue weighted by molar-refractivity contribution is -0.252. The van der Waals surface area contributed by atoms with Crippen LogP contribution in [0.2, 0.25) is 0 Å². The number of esters is 1. The molecular formula is C8H14F2O3. The number of hydrogen-bond acceptors (Lipinski definition) is 3. The van der Waals surface area contributed by atoms with Crippen molar-refractivity contribution >= 4 is 5.97 Å². The molecular weight excluding hydrogens is 182 g/mol. The van der Waals surface area contributed by atoms with Gasteiger partial charge < -0.3 is 9.47 Å². The molecule has 13 heavy (non-hydrogen) atoms. The first-order valence-corrected chi connectivity index (χ1v) is 4.09. The van der Waals surface area contributed by atoms with E-state index in [2.05, 4.69) is 9.47 Å². The molecule has 0 fully saturated rings. The van der Waals surface area contributed by atoms with Gasteiger partial charge in [0.1, 0.15) is 0 Å². The molecule has 0 rings (SSSR count). The highest BCUT2D eigenvalue weighted by Crippen LogP contribution is 2.18. The zero-order valence-electron chi connectivity index (χ0n) is 7.97. The fourth-order valence-corrected chi connectivity index (χ4v) is 0.545. The van der Waals surface area contributed by atoms with Crippen molar-refractivity contribution in [2.45, 2.75) is 26.9 Å². The quantitative estimate of drug-likeness (QED) is 0.629. The average Bonchev–Trinajstić information content (AvgIpc) is 2.01. The van der Waals surface area contributed by atoms with E-state index >= 15 is 0 Å². The monoisotopic (exact) mass is 196 g/mol. The second-order valence-corrected chi connectivity index (χ2v) is 2.94. The Bertz CT molecular complexity index is 169. The minimum Gasteiger partial charge on any atom is -0.460 e. The van der Waals surface area contributed by atoms with Gasteiger partial charge in [0, 0.05) is 0 Å². The van der Waals surface area contributed by atoms with Gasteiger partial charge in [0.25, 0.3) is 0 Å². The van der Waals surface area contributed by atoms with Crippen LogP contribution in [0.15, 0.2) is 0 Å². The topological polar surface area (TPSA) is 35.5 Å². The van der Waals surface area contributed by atoms with E-state index in [0.717, 1.165) is 0 Å². The first-order valence-electron chi connectivity index (χ1n) is 4.09. The average molecular weight is 196 g/mol. The molecule has 0 aliphatic rings. The van der Waals surface area contributed by atoms with Crippen LogP contribution < -0.4 is 0 Å². The van der Waals surface area contributed by atoms with Crippen molar-refractivity contribution in [1.82, 2.24) is 0 Å². The molecule has 0 N–H and O–H groups in total. The maximum Gasteiger partial charge on any atom is 0.456 e. The summed E-state index contributed by atoms with van der Waals surface area (Å²) in [4.78, 5) is 10.6. The van der Waals surface area contributed by atoms with Crippen LogP contribution in [-0.4, -0.2) is 25.3 Å². The number of ether oxygens (including phenoxy) is 2. The Kier molecular flexibility index (Phi) is 4.83. The summed E-state index contributed by atoms with van der Waals surface area (Å²) in [6.07, 6.45) is -3.82. The van der Waals surface area contributed by atoms with Gasteiger partial charge in [-0.3, -0.25) is 0 Å². The third kappa shape index (κ3) is 4.77. The second kappa shape index (κ2) is 5.11. The van der Waals surface area contributed by atoms with Crippen molar-refractivity contribution in [3.8, 4) is 0 Å². The van der Waals surface area contributed by atoms with Crippen LogP contribution in [0.1, 0.15) is 20.8 Å². The zero-order chi connectivity index (χ0) is 10.5. The van der Waals surface area contributed by atoms with E-state index in [4.69, 9.17) is 0 Å². The predicted octanol–water partition coefficient (Wildman–Crippen LogP) is 1.81. The van der Waals surface area contributed by atoms with Gasteiger partial charge in [-0.15, -0.1) is 0 Å². The highest BCUT2D eigenvalue weighted by atomic mass is 19.3. The Balaban J connectivity index is 3.98. The summed E-state index contributed by atoms with van der Waals surface area (Å²) in [5.41, 5.74) is 0. The fourth-order valence-electron chi connectivity index (χ4n) is 0.545. The van der Waals surface area contributed by atoms with E-state index in [0.29, 0.717) is 0 Å². The van der Waals surface area contributed by atoms with Crippen molar-refractivity contribution in [3.05, 3.63) is 0 Å². The Labute approximate surface area is 76.0 Å². The van der Waals surface area contributed by atoms with E-state index in [9.17, 15) is 13.6 Å². The summed E-state index contributed by atoms with van der Waals surface area (Å²) in [6.45, 7) is 4.62. The van der Waals surface area contributed by atoms with Gasteiger partial charge in [-0.05, 0) is 12.8 Å². The van der Waals surface area contributed by atoms with Gasteiger partial charge in [0.15, 0.2) is 0 Å². The normalized spacial score (nSPS) is 11.8. The van der Waals surface area contributed by atoms with E-state index in [-0.39, 0.29) is 19.1 Å². The molecule has 0 aromatic carbocycles. The van der Waals surface area contributed by atoms with Crippen molar-refractivity contribution in [2.75, 3.05) is 13.2 Å². The molecule has 78 valence electrons. The Morgan fingerprint density at radius 1 is 1.46 bits per heavy atom. The molecule has 5 heteroatoms. The summed E-state index contributed by atoms with van der Waals surface area (Å²) in [6, 6.07) is 0. The maximum absolute atomic E-state index is 12.7. The van der Waals surface area contributed by atoms with Crippen LogP contribution in [0.5, 0.6) is 0 Å². The number of halogens is 2. The number of rotatable bonds is 5. The lowest BCUT2D eigenvalue weighted by Gasteiger charge is -2.15. The molecule has 0 atom stereocenters. The molecule has 0 amide bonds. The molecule has 0 saturated heterocycles. The standard InChI is InChI=1S/C8H14F2O3/c1-4-12-7(11)8(9,10)13-5-6(2)3/h6H,4-5H2,1-3H3. The van der Waals surface area contributed by atoms with Crippen LogP contribution in [-0.2, 0) is 14.3 Å². The molecule has 0 aromatic heterocycles. The first kappa shape index (κ1) is 12.3. The maximum atomic E-state index is 12.7. The number of alkyl halides is 2. The molecule has 0 radical (unpaired) electrons. The Morgan fingerprint density at radius 2 is 2.00 bits per heavy atom. The number of carbonyl (C=O) groups is 1. The number of carbonyl (C=O) groups excluding carboxylic acids is 1. The van der Waals surface area contributed by atoms with E-state index in [1.807, 2.05) is 0 Å². The summed E-state index contributed by atoms with van der Waals surface area (Å²) in [5, 5.41) is 0. The van der Waals surface area contributed by atoms with Crippen LogP contribution in [0.4, 0.5) is 8.78 Å². The zero-order valence-corrected chi connectivity index (χ0v) is 7.97. The Morgan fingerprint density at radius 3 is 2.38 bits per heavy atom. The lowest BCUT2D eigenvalue weighted by Crippen LogP contribution is -2.35. The van der Waals surface area contributed by atoms with Crippen molar-refractivity contribution in [3.63, 3.8) is 0 Å². The molecule has 3 nitrogen and oxygen atoms in total. The molecule has 0 aliphatic carbocycles. The third-order valence-corrected chi connectivity index (χ3v) is 1.11. The molecule has 0 saturated carbocycles. The summed E-state index contributed by atoms with van der Waals surface area (Å²) >= 11 is 0. The molecule has 0 bridgehead atoms. The van der Waals surface area contributed by atoms with Crippen LogP contribution in [0.25, 0.3) is 0 Å². The molecule has 0 spiro atoms. The second-order valence-electron chi connectivity index (χ2n) is 2.94. The molecule has 0 aliphatic heterocycles. The van der Waals surface area contributed by atoms with E-state index in [1.165, 1.54) is 6.92 Å². The van der Waals surface area contributed by atoms with Crippen molar-refractivity contribution in [2.24, 2.45) is 5.92 Å². The highest BCUT2D eigenvalue weighted by molar-refractivity contribution is 5.75. The van der Waals surface area contributed by atoms with Crippen molar-refractivity contribution < 1.29 is 23.0 Å². The molecule has 0 unspecified atom stereocenters. The largest absolute Gasteiger partial charge is 0.460 e. The van der Waals surface area contributed by atoms with Crippen molar-refractivity contribution in [1.29, 1.82) is 0 Å². The summed E-state index contributed by atoms with van der Waals surface area (Å²) in [7, 11) is 0. The van der Waals surface area contributed by atoms with Gasteiger partial charge in [-0.25, -0.2) is 4.79 Å². The van der Waals surface area contributed by atoms with Gasteiger partial charge >= 0.3 is 12.1 Å². The minimum absolute atomic E-state index is 0.0553. The fraction of sp³-hybridized carbons (Fsp3) is 0.875. The Hall–Kier alpha value is -0.710. The molecule has 0 heterocycles. The lowest BCUT2D eigenvalue weighted by atomic mass is 10.2.